The summed E-state index contributed by atoms with van der Waals surface area (Å²) >= 11 is 0. The molecule has 3 N–H and O–H groups in total. The zero-order chi connectivity index (χ0) is 23.8. The second-order valence-electron chi connectivity index (χ2n) is 8.77. The van der Waals surface area contributed by atoms with Gasteiger partial charge in [-0.05, 0) is 37.3 Å². The van der Waals surface area contributed by atoms with Crippen LogP contribution in [0.5, 0.6) is 0 Å². The average Bonchev–Trinajstić information content (AvgIpc) is 3.33. The summed E-state index contributed by atoms with van der Waals surface area (Å²) in [5.74, 6) is -1.10. The van der Waals surface area contributed by atoms with Crippen LogP contribution in [0.15, 0.2) is 60.7 Å². The number of hydrogen-bond donors (Lipinski definition) is 2. The lowest BCUT2D eigenvalue weighted by Crippen LogP contribution is -2.59. The molecular weight excluding hydrogens is 454 g/mol. The molecule has 0 aromatic heterocycles. The molecule has 1 fully saturated rings. The molecule has 2 aromatic carbocycles. The predicted octanol–water partition coefficient (Wildman–Crippen LogP) is 3.00. The first-order valence-electron chi connectivity index (χ1n) is 11.5. The minimum Gasteiger partial charge on any atom is -0.459 e. The number of likely N-dealkylation sites (tertiary alicyclic amines) is 1. The van der Waals surface area contributed by atoms with Crippen LogP contribution in [0.25, 0.3) is 0 Å². The van der Waals surface area contributed by atoms with Crippen LogP contribution in [0.2, 0.25) is 0 Å². The first kappa shape index (κ1) is 27.3. The van der Waals surface area contributed by atoms with Crippen molar-refractivity contribution in [1.82, 2.24) is 10.2 Å². The highest BCUT2D eigenvalue weighted by molar-refractivity contribution is 5.93. The summed E-state index contributed by atoms with van der Waals surface area (Å²) in [4.78, 5) is 40.7. The number of nitrogens with one attached hydrogen (secondary N) is 1. The van der Waals surface area contributed by atoms with Crippen LogP contribution in [0.1, 0.15) is 44.2 Å². The van der Waals surface area contributed by atoms with Crippen LogP contribution in [-0.4, -0.2) is 46.9 Å². The maximum Gasteiger partial charge on any atom is 0.329 e. The molecule has 184 valence electrons. The molecule has 34 heavy (non-hydrogen) atoms. The van der Waals surface area contributed by atoms with Gasteiger partial charge in [0.1, 0.15) is 18.7 Å². The smallest absolute Gasteiger partial charge is 0.329 e. The first-order valence-corrected chi connectivity index (χ1v) is 11.5. The molecule has 8 heteroatoms. The van der Waals surface area contributed by atoms with Crippen molar-refractivity contribution in [3.05, 3.63) is 71.8 Å². The van der Waals surface area contributed by atoms with E-state index in [2.05, 4.69) is 5.32 Å². The Hall–Kier alpha value is -2.90. The number of amides is 2. The molecule has 1 saturated heterocycles. The Balaban J connectivity index is 0.00000408. The van der Waals surface area contributed by atoms with Crippen molar-refractivity contribution in [1.29, 1.82) is 0 Å². The summed E-state index contributed by atoms with van der Waals surface area (Å²) in [5.41, 5.74) is 6.82. The number of nitrogens with zero attached hydrogens (tertiary/aromatic N) is 1. The van der Waals surface area contributed by atoms with Crippen LogP contribution >= 0.6 is 12.4 Å². The molecule has 1 aliphatic rings. The van der Waals surface area contributed by atoms with Gasteiger partial charge in [0, 0.05) is 13.0 Å². The van der Waals surface area contributed by atoms with E-state index in [1.54, 1.807) is 11.8 Å². The third kappa shape index (κ3) is 7.05. The van der Waals surface area contributed by atoms with Crippen LogP contribution in [-0.2, 0) is 32.1 Å². The maximum absolute atomic E-state index is 13.6. The van der Waals surface area contributed by atoms with Crippen molar-refractivity contribution in [3.8, 4) is 0 Å². The van der Waals surface area contributed by atoms with Gasteiger partial charge >= 0.3 is 5.97 Å². The van der Waals surface area contributed by atoms with E-state index < -0.39 is 23.6 Å². The first-order chi connectivity index (χ1) is 15.8. The second-order valence-corrected chi connectivity index (χ2v) is 8.77. The molecule has 3 rings (SSSR count). The number of carbonyl (C=O) groups excluding carboxylic acids is 3. The Morgan fingerprint density at radius 2 is 1.68 bits per heavy atom. The number of rotatable bonds is 9. The van der Waals surface area contributed by atoms with E-state index in [1.807, 2.05) is 67.6 Å². The lowest BCUT2D eigenvalue weighted by Gasteiger charge is -2.30. The van der Waals surface area contributed by atoms with Gasteiger partial charge in [-0.25, -0.2) is 4.79 Å². The number of nitrogens with two attached hydrogens (primary N) is 1. The zero-order valence-corrected chi connectivity index (χ0v) is 20.6. The molecule has 0 saturated carbocycles. The van der Waals surface area contributed by atoms with Gasteiger partial charge in [-0.3, -0.25) is 9.59 Å². The van der Waals surface area contributed by atoms with Gasteiger partial charge in [0.2, 0.25) is 11.8 Å². The number of carbonyl (C=O) groups is 3. The molecule has 0 unspecified atom stereocenters. The van der Waals surface area contributed by atoms with Gasteiger partial charge in [-0.2, -0.15) is 0 Å². The van der Waals surface area contributed by atoms with E-state index >= 15 is 0 Å². The third-order valence-corrected chi connectivity index (χ3v) is 6.17. The number of hydrogen-bond acceptors (Lipinski definition) is 5. The SMILES string of the molecule is CC[C@](C)(N)C(=O)N[C@@H](Cc1ccccc1)C(=O)N1CCC[C@@H]1C(=O)OCc1ccccc1.Cl. The fourth-order valence-corrected chi connectivity index (χ4v) is 3.83. The van der Waals surface area contributed by atoms with Crippen molar-refractivity contribution in [2.75, 3.05) is 6.54 Å². The lowest BCUT2D eigenvalue weighted by atomic mass is 9.97. The fraction of sp³-hybridized carbons (Fsp3) is 0.423. The van der Waals surface area contributed by atoms with Crippen molar-refractivity contribution >= 4 is 30.2 Å². The van der Waals surface area contributed by atoms with Gasteiger partial charge in [0.15, 0.2) is 0 Å². The minimum atomic E-state index is -1.09. The van der Waals surface area contributed by atoms with Gasteiger partial charge < -0.3 is 20.7 Å². The Kier molecular flexibility index (Phi) is 10.1. The molecule has 7 nitrogen and oxygen atoms in total. The van der Waals surface area contributed by atoms with E-state index in [0.29, 0.717) is 32.2 Å². The van der Waals surface area contributed by atoms with Crippen molar-refractivity contribution in [2.24, 2.45) is 5.73 Å². The average molecular weight is 488 g/mol. The molecule has 0 spiro atoms. The Morgan fingerprint density at radius 1 is 1.09 bits per heavy atom. The quantitative estimate of drug-likeness (QED) is 0.529. The number of halogens is 1. The Morgan fingerprint density at radius 3 is 2.26 bits per heavy atom. The van der Waals surface area contributed by atoms with E-state index in [-0.39, 0.29) is 30.8 Å². The molecule has 2 amide bonds. The van der Waals surface area contributed by atoms with Crippen LogP contribution in [0, 0.1) is 0 Å². The summed E-state index contributed by atoms with van der Waals surface area (Å²) in [6.07, 6.45) is 1.98. The number of esters is 1. The number of ether oxygens (including phenoxy) is 1. The molecular formula is C26H34ClN3O4. The van der Waals surface area contributed by atoms with Crippen LogP contribution < -0.4 is 11.1 Å². The van der Waals surface area contributed by atoms with Crippen LogP contribution in [0.3, 0.4) is 0 Å². The normalized spacial score (nSPS) is 17.7. The summed E-state index contributed by atoms with van der Waals surface area (Å²) in [7, 11) is 0. The number of benzene rings is 2. The minimum absolute atomic E-state index is 0. The Labute approximate surface area is 207 Å². The van der Waals surface area contributed by atoms with E-state index in [9.17, 15) is 14.4 Å². The lowest BCUT2D eigenvalue weighted by molar-refractivity contribution is -0.155. The molecule has 1 aliphatic heterocycles. The molecule has 0 aliphatic carbocycles. The van der Waals surface area contributed by atoms with E-state index in [1.165, 1.54) is 0 Å². The predicted molar refractivity (Wildman–Crippen MR) is 133 cm³/mol. The summed E-state index contributed by atoms with van der Waals surface area (Å²) in [6, 6.07) is 17.4. The fourth-order valence-electron chi connectivity index (χ4n) is 3.83. The van der Waals surface area contributed by atoms with E-state index in [4.69, 9.17) is 10.5 Å². The molecule has 0 bridgehead atoms. The maximum atomic E-state index is 13.6. The van der Waals surface area contributed by atoms with Gasteiger partial charge in [-0.1, -0.05) is 67.6 Å². The molecule has 0 radical (unpaired) electrons. The Bertz CT molecular complexity index is 953. The molecule has 2 aromatic rings. The molecule has 1 heterocycles. The third-order valence-electron chi connectivity index (χ3n) is 6.17. The summed E-state index contributed by atoms with van der Waals surface area (Å²) in [6.45, 7) is 4.07. The highest BCUT2D eigenvalue weighted by atomic mass is 35.5. The zero-order valence-electron chi connectivity index (χ0n) is 19.7. The second kappa shape index (κ2) is 12.5. The summed E-state index contributed by atoms with van der Waals surface area (Å²) < 4.78 is 5.50. The van der Waals surface area contributed by atoms with Crippen LogP contribution in [0.4, 0.5) is 0 Å². The summed E-state index contributed by atoms with van der Waals surface area (Å²) in [5, 5.41) is 2.84. The topological polar surface area (TPSA) is 102 Å². The monoisotopic (exact) mass is 487 g/mol. The van der Waals surface area contributed by atoms with Gasteiger partial charge in [-0.15, -0.1) is 12.4 Å². The van der Waals surface area contributed by atoms with Gasteiger partial charge in [0.25, 0.3) is 0 Å². The van der Waals surface area contributed by atoms with Crippen molar-refractivity contribution < 1.29 is 19.1 Å². The van der Waals surface area contributed by atoms with Gasteiger partial charge in [0.05, 0.1) is 5.54 Å². The van der Waals surface area contributed by atoms with E-state index in [0.717, 1.165) is 11.1 Å². The highest BCUT2D eigenvalue weighted by Crippen LogP contribution is 2.21. The standard InChI is InChI=1S/C26H33N3O4.ClH/c1-3-26(2,27)25(32)28-21(17-19-11-6-4-7-12-19)23(30)29-16-10-15-22(29)24(31)33-18-20-13-8-5-9-14-20;/h4-9,11-14,21-22H,3,10,15-18,27H2,1-2H3,(H,28,32);1H/t21-,22+,26-;/m0./s1. The largest absolute Gasteiger partial charge is 0.459 e. The highest BCUT2D eigenvalue weighted by Gasteiger charge is 2.39. The van der Waals surface area contributed by atoms with Crippen molar-refractivity contribution in [3.63, 3.8) is 0 Å². The molecule has 3 atom stereocenters. The van der Waals surface area contributed by atoms with Crippen molar-refractivity contribution in [2.45, 2.75) is 63.8 Å².